The average molecular weight is 318 g/mol. The molecule has 0 heterocycles. The van der Waals surface area contributed by atoms with E-state index in [9.17, 15) is 8.42 Å². The molecule has 2 nitrogen and oxygen atoms in total. The van der Waals surface area contributed by atoms with Gasteiger partial charge in [-0.15, -0.1) is 0 Å². The van der Waals surface area contributed by atoms with Crippen molar-refractivity contribution in [3.05, 3.63) is 6.42 Å². The quantitative estimate of drug-likeness (QED) is 0.341. The lowest BCUT2D eigenvalue weighted by molar-refractivity contribution is 0.541. The molecule has 0 saturated heterocycles. The monoisotopic (exact) mass is 317 g/mol. The molecule has 0 saturated carbocycles. The fraction of sp³-hybridized carbons (Fsp3) is 0.944. The minimum Gasteiger partial charge on any atom is -0.229 e. The van der Waals surface area contributed by atoms with Crippen LogP contribution in [-0.2, 0) is 9.84 Å². The van der Waals surface area contributed by atoms with E-state index < -0.39 is 9.84 Å². The Hall–Kier alpha value is -0.0500. The molecule has 0 aromatic heterocycles. The van der Waals surface area contributed by atoms with Crippen molar-refractivity contribution in [2.24, 2.45) is 0 Å². The minimum atomic E-state index is -2.80. The maximum absolute atomic E-state index is 11.5. The van der Waals surface area contributed by atoms with Gasteiger partial charge in [0.1, 0.15) is 0 Å². The van der Waals surface area contributed by atoms with Gasteiger partial charge in [0, 0.05) is 0 Å². The van der Waals surface area contributed by atoms with Crippen LogP contribution in [-0.4, -0.2) is 19.9 Å². The van der Waals surface area contributed by atoms with E-state index >= 15 is 0 Å². The molecule has 0 bridgehead atoms. The smallest absolute Gasteiger partial charge is 0.150 e. The van der Waals surface area contributed by atoms with Crippen LogP contribution in [0.1, 0.15) is 97.3 Å². The highest BCUT2D eigenvalue weighted by Gasteiger charge is 2.08. The topological polar surface area (TPSA) is 34.1 Å². The van der Waals surface area contributed by atoms with Crippen molar-refractivity contribution in [2.45, 2.75) is 97.3 Å². The summed E-state index contributed by atoms with van der Waals surface area (Å²) < 4.78 is 23.0. The van der Waals surface area contributed by atoms with Crippen LogP contribution in [0.2, 0.25) is 0 Å². The number of rotatable bonds is 16. The lowest BCUT2D eigenvalue weighted by Crippen LogP contribution is -2.10. The number of hydrogen-bond donors (Lipinski definition) is 0. The highest BCUT2D eigenvalue weighted by Crippen LogP contribution is 2.12. The highest BCUT2D eigenvalue weighted by molar-refractivity contribution is 7.91. The number of hydrogen-bond acceptors (Lipinski definition) is 2. The Morgan fingerprint density at radius 1 is 0.667 bits per heavy atom. The van der Waals surface area contributed by atoms with E-state index in [-0.39, 0.29) is 5.75 Å². The minimum absolute atomic E-state index is 0.241. The molecular formula is C18H37O2S. The molecular weight excluding hydrogens is 280 g/mol. The maximum Gasteiger partial charge on any atom is 0.150 e. The fourth-order valence-electron chi connectivity index (χ4n) is 2.68. The van der Waals surface area contributed by atoms with Gasteiger partial charge in [0.15, 0.2) is 9.84 Å². The molecule has 0 aromatic carbocycles. The molecule has 0 atom stereocenters. The van der Waals surface area contributed by atoms with Gasteiger partial charge in [-0.1, -0.05) is 90.9 Å². The molecule has 0 aliphatic rings. The van der Waals surface area contributed by atoms with Gasteiger partial charge < -0.3 is 0 Å². The standard InChI is InChI=1S/C18H37O2S/c1-3-5-6-7-8-9-10-11-12-13-14-15-16-18-21(19,20)17-4-2/h4H,3,5-18H2,1-2H3. The van der Waals surface area contributed by atoms with Crippen molar-refractivity contribution in [2.75, 3.05) is 11.5 Å². The summed E-state index contributed by atoms with van der Waals surface area (Å²) in [5, 5.41) is 0. The van der Waals surface area contributed by atoms with Gasteiger partial charge in [-0.3, -0.25) is 0 Å². The van der Waals surface area contributed by atoms with Crippen molar-refractivity contribution >= 4 is 9.84 Å². The molecule has 0 amide bonds. The summed E-state index contributed by atoms with van der Waals surface area (Å²) in [4.78, 5) is 0. The van der Waals surface area contributed by atoms with Gasteiger partial charge in [0.2, 0.25) is 0 Å². The van der Waals surface area contributed by atoms with E-state index in [1.807, 2.05) is 0 Å². The van der Waals surface area contributed by atoms with Gasteiger partial charge in [-0.05, 0) is 12.8 Å². The summed E-state index contributed by atoms with van der Waals surface area (Å²) in [7, 11) is -2.80. The largest absolute Gasteiger partial charge is 0.229 e. The van der Waals surface area contributed by atoms with Crippen LogP contribution in [0.15, 0.2) is 0 Å². The highest BCUT2D eigenvalue weighted by atomic mass is 32.2. The zero-order chi connectivity index (χ0) is 15.8. The molecule has 0 N–H and O–H groups in total. The molecule has 21 heavy (non-hydrogen) atoms. The molecule has 3 heteroatoms. The second-order valence-electron chi connectivity index (χ2n) is 6.27. The molecule has 0 fully saturated rings. The van der Waals surface area contributed by atoms with E-state index in [2.05, 4.69) is 6.92 Å². The van der Waals surface area contributed by atoms with Crippen LogP contribution in [0.3, 0.4) is 0 Å². The Morgan fingerprint density at radius 2 is 1.05 bits per heavy atom. The first-order valence-electron chi connectivity index (χ1n) is 9.10. The summed E-state index contributed by atoms with van der Waals surface area (Å²) in [6, 6.07) is 0. The Bertz CT molecular complexity index is 296. The van der Waals surface area contributed by atoms with Crippen LogP contribution in [0.25, 0.3) is 0 Å². The maximum atomic E-state index is 11.5. The van der Waals surface area contributed by atoms with Crippen molar-refractivity contribution in [3.63, 3.8) is 0 Å². The van der Waals surface area contributed by atoms with Gasteiger partial charge in [0.05, 0.1) is 11.5 Å². The molecule has 1 radical (unpaired) electrons. The van der Waals surface area contributed by atoms with E-state index in [0.717, 1.165) is 12.8 Å². The van der Waals surface area contributed by atoms with Gasteiger partial charge in [-0.25, -0.2) is 8.42 Å². The lowest BCUT2D eigenvalue weighted by atomic mass is 10.1. The molecule has 0 aliphatic carbocycles. The summed E-state index contributed by atoms with van der Waals surface area (Å²) in [6.07, 6.45) is 18.5. The van der Waals surface area contributed by atoms with Gasteiger partial charge in [-0.2, -0.15) is 0 Å². The Labute approximate surface area is 134 Å². The third kappa shape index (κ3) is 16.2. The lowest BCUT2D eigenvalue weighted by Gasteiger charge is -2.04. The first-order valence-corrected chi connectivity index (χ1v) is 10.9. The van der Waals surface area contributed by atoms with Crippen molar-refractivity contribution in [1.29, 1.82) is 0 Å². The predicted octanol–water partition coefficient (Wildman–Crippen LogP) is 5.72. The van der Waals surface area contributed by atoms with Gasteiger partial charge >= 0.3 is 0 Å². The Morgan fingerprint density at radius 3 is 1.43 bits per heavy atom. The molecule has 0 aromatic rings. The van der Waals surface area contributed by atoms with Crippen molar-refractivity contribution in [1.82, 2.24) is 0 Å². The Kier molecular flexibility index (Phi) is 14.8. The molecule has 0 rings (SSSR count). The molecule has 0 unspecified atom stereocenters. The third-order valence-electron chi connectivity index (χ3n) is 3.98. The first kappa shape index (κ1) is 20.9. The fourth-order valence-corrected chi connectivity index (χ4v) is 4.00. The second-order valence-corrected chi connectivity index (χ2v) is 8.49. The third-order valence-corrected chi connectivity index (χ3v) is 5.73. The normalized spacial score (nSPS) is 11.9. The van der Waals surface area contributed by atoms with E-state index in [4.69, 9.17) is 0 Å². The van der Waals surface area contributed by atoms with E-state index in [0.29, 0.717) is 5.75 Å². The van der Waals surface area contributed by atoms with Crippen LogP contribution in [0.5, 0.6) is 0 Å². The zero-order valence-corrected chi connectivity index (χ0v) is 15.2. The zero-order valence-electron chi connectivity index (χ0n) is 14.4. The number of sulfone groups is 1. The van der Waals surface area contributed by atoms with Crippen LogP contribution in [0.4, 0.5) is 0 Å². The van der Waals surface area contributed by atoms with E-state index in [1.165, 1.54) is 70.6 Å². The summed E-state index contributed by atoms with van der Waals surface area (Å²) in [5.74, 6) is 0.611. The second kappa shape index (κ2) is 14.9. The van der Waals surface area contributed by atoms with Crippen LogP contribution < -0.4 is 0 Å². The van der Waals surface area contributed by atoms with Crippen molar-refractivity contribution < 1.29 is 8.42 Å². The SMILES string of the molecule is C[CH]CS(=O)(=O)CCCCCCCCCCCCCCC. The Balaban J connectivity index is 3.16. The summed E-state index contributed by atoms with van der Waals surface area (Å²) in [6.45, 7) is 4.07. The summed E-state index contributed by atoms with van der Waals surface area (Å²) in [5.41, 5.74) is 0. The number of unbranched alkanes of at least 4 members (excludes halogenated alkanes) is 12. The first-order chi connectivity index (χ1) is 10.1. The van der Waals surface area contributed by atoms with Gasteiger partial charge in [0.25, 0.3) is 0 Å². The average Bonchev–Trinajstić information content (AvgIpc) is 2.44. The predicted molar refractivity (Wildman–Crippen MR) is 94.3 cm³/mol. The van der Waals surface area contributed by atoms with Crippen LogP contribution in [0, 0.1) is 6.42 Å². The van der Waals surface area contributed by atoms with E-state index in [1.54, 1.807) is 13.3 Å². The molecule has 127 valence electrons. The van der Waals surface area contributed by atoms with Crippen LogP contribution >= 0.6 is 0 Å². The molecule has 0 aliphatic heterocycles. The molecule has 0 spiro atoms. The van der Waals surface area contributed by atoms with Crippen molar-refractivity contribution in [3.8, 4) is 0 Å². The summed E-state index contributed by atoms with van der Waals surface area (Å²) >= 11 is 0.